The van der Waals surface area contributed by atoms with Gasteiger partial charge < -0.3 is 19.7 Å². The van der Waals surface area contributed by atoms with Gasteiger partial charge in [0.25, 0.3) is 0 Å². The summed E-state index contributed by atoms with van der Waals surface area (Å²) >= 11 is 0. The molecule has 0 saturated heterocycles. The van der Waals surface area contributed by atoms with Crippen LogP contribution in [0, 0.1) is 0 Å². The van der Waals surface area contributed by atoms with E-state index in [1.807, 2.05) is 13.8 Å². The summed E-state index contributed by atoms with van der Waals surface area (Å²) in [5.41, 5.74) is 0. The van der Waals surface area contributed by atoms with Crippen LogP contribution in [0.25, 0.3) is 0 Å². The van der Waals surface area contributed by atoms with Crippen LogP contribution in [0.1, 0.15) is 40.5 Å². The second-order valence-electron chi connectivity index (χ2n) is 5.37. The first-order valence-corrected chi connectivity index (χ1v) is 7.63. The summed E-state index contributed by atoms with van der Waals surface area (Å²) in [5.74, 6) is 0.0210. The molecule has 1 amide bonds. The highest BCUT2D eigenvalue weighted by atomic mass is 16.5. The minimum absolute atomic E-state index is 0.0210. The van der Waals surface area contributed by atoms with Gasteiger partial charge in [-0.05, 0) is 34.2 Å². The molecule has 5 nitrogen and oxygen atoms in total. The first-order chi connectivity index (χ1) is 9.47. The SMILES string of the molecule is CCC(C)N(C)CCOCCC(=O)NCCOC(C)C. The topological polar surface area (TPSA) is 50.8 Å². The Morgan fingerprint density at radius 1 is 1.20 bits per heavy atom. The minimum Gasteiger partial charge on any atom is -0.380 e. The molecular formula is C15H32N2O3. The smallest absolute Gasteiger partial charge is 0.222 e. The van der Waals surface area contributed by atoms with Crippen LogP contribution in [-0.2, 0) is 14.3 Å². The molecule has 0 fully saturated rings. The summed E-state index contributed by atoms with van der Waals surface area (Å²) in [6, 6.07) is 0.572. The van der Waals surface area contributed by atoms with E-state index in [4.69, 9.17) is 9.47 Å². The van der Waals surface area contributed by atoms with Gasteiger partial charge in [0.1, 0.15) is 0 Å². The van der Waals surface area contributed by atoms with Crippen molar-refractivity contribution in [3.05, 3.63) is 0 Å². The lowest BCUT2D eigenvalue weighted by atomic mass is 10.2. The first kappa shape index (κ1) is 19.4. The van der Waals surface area contributed by atoms with E-state index in [2.05, 4.69) is 31.1 Å². The molecule has 0 aliphatic carbocycles. The monoisotopic (exact) mass is 288 g/mol. The fraction of sp³-hybridized carbons (Fsp3) is 0.933. The van der Waals surface area contributed by atoms with Crippen molar-refractivity contribution in [1.29, 1.82) is 0 Å². The zero-order valence-electron chi connectivity index (χ0n) is 13.8. The Balaban J connectivity index is 3.39. The second-order valence-corrected chi connectivity index (χ2v) is 5.37. The van der Waals surface area contributed by atoms with Gasteiger partial charge in [0.2, 0.25) is 5.91 Å². The van der Waals surface area contributed by atoms with Crippen LogP contribution >= 0.6 is 0 Å². The molecule has 0 spiro atoms. The van der Waals surface area contributed by atoms with E-state index in [1.165, 1.54) is 0 Å². The summed E-state index contributed by atoms with van der Waals surface area (Å²) < 4.78 is 10.8. The Kier molecular flexibility index (Phi) is 11.7. The third-order valence-electron chi connectivity index (χ3n) is 3.28. The quantitative estimate of drug-likeness (QED) is 0.555. The zero-order valence-corrected chi connectivity index (χ0v) is 13.8. The fourth-order valence-corrected chi connectivity index (χ4v) is 1.58. The number of nitrogens with zero attached hydrogens (tertiary/aromatic N) is 1. The molecule has 1 unspecified atom stereocenters. The van der Waals surface area contributed by atoms with Crippen molar-refractivity contribution in [2.24, 2.45) is 0 Å². The van der Waals surface area contributed by atoms with Crippen LogP contribution in [0.3, 0.4) is 0 Å². The Morgan fingerprint density at radius 2 is 1.90 bits per heavy atom. The van der Waals surface area contributed by atoms with Gasteiger partial charge in [0.15, 0.2) is 0 Å². The zero-order chi connectivity index (χ0) is 15.4. The highest BCUT2D eigenvalue weighted by Crippen LogP contribution is 1.99. The Bertz CT molecular complexity index is 247. The van der Waals surface area contributed by atoms with E-state index in [0.717, 1.165) is 13.0 Å². The molecule has 1 atom stereocenters. The highest BCUT2D eigenvalue weighted by Gasteiger charge is 2.06. The molecule has 20 heavy (non-hydrogen) atoms. The summed E-state index contributed by atoms with van der Waals surface area (Å²) in [6.07, 6.45) is 1.75. The number of hydrogen-bond donors (Lipinski definition) is 1. The van der Waals surface area contributed by atoms with Gasteiger partial charge in [-0.3, -0.25) is 4.79 Å². The van der Waals surface area contributed by atoms with Crippen LogP contribution in [0.2, 0.25) is 0 Å². The maximum Gasteiger partial charge on any atom is 0.222 e. The van der Waals surface area contributed by atoms with Gasteiger partial charge in [0, 0.05) is 25.6 Å². The number of carbonyl (C=O) groups excluding carboxylic acids is 1. The molecule has 120 valence electrons. The lowest BCUT2D eigenvalue weighted by Crippen LogP contribution is -2.32. The van der Waals surface area contributed by atoms with Crippen molar-refractivity contribution in [1.82, 2.24) is 10.2 Å². The molecule has 0 aliphatic heterocycles. The highest BCUT2D eigenvalue weighted by molar-refractivity contribution is 5.75. The molecular weight excluding hydrogens is 256 g/mol. The van der Waals surface area contributed by atoms with Gasteiger partial charge >= 0.3 is 0 Å². The van der Waals surface area contributed by atoms with Crippen LogP contribution in [0.4, 0.5) is 0 Å². The van der Waals surface area contributed by atoms with E-state index in [9.17, 15) is 4.79 Å². The number of amides is 1. The molecule has 0 bridgehead atoms. The molecule has 0 aromatic carbocycles. The van der Waals surface area contributed by atoms with Gasteiger partial charge in [-0.25, -0.2) is 0 Å². The number of ether oxygens (including phenoxy) is 2. The third-order valence-corrected chi connectivity index (χ3v) is 3.28. The number of rotatable bonds is 12. The van der Waals surface area contributed by atoms with Crippen molar-refractivity contribution < 1.29 is 14.3 Å². The standard InChI is InChI=1S/C15H32N2O3/c1-6-14(4)17(5)9-12-19-10-7-15(18)16-8-11-20-13(2)3/h13-14H,6-12H2,1-5H3,(H,16,18). The van der Waals surface area contributed by atoms with Crippen LogP contribution < -0.4 is 5.32 Å². The maximum absolute atomic E-state index is 11.5. The molecule has 0 saturated carbocycles. The van der Waals surface area contributed by atoms with Crippen molar-refractivity contribution in [2.75, 3.05) is 40.0 Å². The van der Waals surface area contributed by atoms with E-state index >= 15 is 0 Å². The molecule has 0 heterocycles. The largest absolute Gasteiger partial charge is 0.380 e. The maximum atomic E-state index is 11.5. The summed E-state index contributed by atoms with van der Waals surface area (Å²) in [4.78, 5) is 13.7. The average Bonchev–Trinajstić information content (AvgIpc) is 2.41. The Labute approximate surface area is 124 Å². The Hall–Kier alpha value is -0.650. The predicted octanol–water partition coefficient (Wildman–Crippen LogP) is 1.66. The molecule has 0 aromatic rings. The fourth-order valence-electron chi connectivity index (χ4n) is 1.58. The Morgan fingerprint density at radius 3 is 2.50 bits per heavy atom. The lowest BCUT2D eigenvalue weighted by Gasteiger charge is -2.23. The van der Waals surface area contributed by atoms with Crippen LogP contribution in [0.5, 0.6) is 0 Å². The molecule has 1 N–H and O–H groups in total. The molecule has 0 radical (unpaired) electrons. The first-order valence-electron chi connectivity index (χ1n) is 7.63. The lowest BCUT2D eigenvalue weighted by molar-refractivity contribution is -0.122. The summed E-state index contributed by atoms with van der Waals surface area (Å²) in [5, 5.41) is 2.81. The molecule has 0 aromatic heterocycles. The minimum atomic E-state index is 0.0210. The number of carbonyl (C=O) groups is 1. The van der Waals surface area contributed by atoms with E-state index in [-0.39, 0.29) is 12.0 Å². The predicted molar refractivity (Wildman–Crippen MR) is 81.9 cm³/mol. The number of nitrogens with one attached hydrogen (secondary N) is 1. The van der Waals surface area contributed by atoms with Gasteiger partial charge in [-0.15, -0.1) is 0 Å². The normalized spacial score (nSPS) is 12.9. The molecule has 5 heteroatoms. The van der Waals surface area contributed by atoms with Crippen molar-refractivity contribution in [2.45, 2.75) is 52.7 Å². The molecule has 0 aliphatic rings. The molecule has 0 rings (SSSR count). The van der Waals surface area contributed by atoms with Gasteiger partial charge in [0.05, 0.1) is 25.9 Å². The number of likely N-dealkylation sites (N-methyl/N-ethyl adjacent to an activating group) is 1. The van der Waals surface area contributed by atoms with Crippen molar-refractivity contribution >= 4 is 5.91 Å². The summed E-state index contributed by atoms with van der Waals surface area (Å²) in [7, 11) is 2.10. The third kappa shape index (κ3) is 11.2. The van der Waals surface area contributed by atoms with Crippen LogP contribution in [-0.4, -0.2) is 62.9 Å². The van der Waals surface area contributed by atoms with Gasteiger partial charge in [-0.1, -0.05) is 6.92 Å². The van der Waals surface area contributed by atoms with Crippen molar-refractivity contribution in [3.8, 4) is 0 Å². The second kappa shape index (κ2) is 12.1. The van der Waals surface area contributed by atoms with E-state index < -0.39 is 0 Å². The number of hydrogen-bond acceptors (Lipinski definition) is 4. The summed E-state index contributed by atoms with van der Waals surface area (Å²) in [6.45, 7) is 11.5. The van der Waals surface area contributed by atoms with Crippen molar-refractivity contribution in [3.63, 3.8) is 0 Å². The van der Waals surface area contributed by atoms with Crippen LogP contribution in [0.15, 0.2) is 0 Å². The average molecular weight is 288 g/mol. The van der Waals surface area contributed by atoms with E-state index in [0.29, 0.717) is 38.8 Å². The van der Waals surface area contributed by atoms with E-state index in [1.54, 1.807) is 0 Å². The van der Waals surface area contributed by atoms with Gasteiger partial charge in [-0.2, -0.15) is 0 Å².